The van der Waals surface area contributed by atoms with Crippen molar-refractivity contribution >= 4 is 61.4 Å². The van der Waals surface area contributed by atoms with Crippen LogP contribution in [0.5, 0.6) is 0 Å². The summed E-state index contributed by atoms with van der Waals surface area (Å²) in [5.41, 5.74) is 7.77. The van der Waals surface area contributed by atoms with Crippen LogP contribution in [0.1, 0.15) is 17.4 Å². The minimum absolute atomic E-state index is 0.421. The van der Waals surface area contributed by atoms with E-state index < -0.39 is 6.04 Å². The van der Waals surface area contributed by atoms with Crippen LogP contribution in [0.15, 0.2) is 39.2 Å². The third kappa shape index (κ3) is 2.43. The van der Waals surface area contributed by atoms with E-state index in [0.717, 1.165) is 21.0 Å². The Bertz CT molecular complexity index is 752. The van der Waals surface area contributed by atoms with E-state index in [4.69, 9.17) is 33.4 Å². The Morgan fingerprint density at radius 2 is 2.05 bits per heavy atom. The van der Waals surface area contributed by atoms with E-state index in [2.05, 4.69) is 15.9 Å². The topological polar surface area (TPSA) is 39.2 Å². The Kier molecular flexibility index (Phi) is 3.62. The molecule has 0 aliphatic heterocycles. The van der Waals surface area contributed by atoms with Gasteiger partial charge < -0.3 is 10.2 Å². The lowest BCUT2D eigenvalue weighted by Crippen LogP contribution is -2.10. The van der Waals surface area contributed by atoms with Gasteiger partial charge in [-0.25, -0.2) is 0 Å². The molecular weight excluding hydrogens is 369 g/mol. The Labute approximate surface area is 132 Å². The lowest BCUT2D eigenvalue weighted by molar-refractivity contribution is 0.524. The molecular formula is C13H8BrCl2NOS. The Morgan fingerprint density at radius 1 is 1.26 bits per heavy atom. The lowest BCUT2D eigenvalue weighted by Gasteiger charge is -2.06. The number of furan rings is 1. The van der Waals surface area contributed by atoms with Crippen LogP contribution in [-0.2, 0) is 0 Å². The van der Waals surface area contributed by atoms with Crippen LogP contribution >= 0.6 is 50.5 Å². The monoisotopic (exact) mass is 375 g/mol. The molecule has 0 saturated heterocycles. The van der Waals surface area contributed by atoms with Gasteiger partial charge in [0.1, 0.15) is 11.3 Å². The minimum atomic E-state index is -0.421. The van der Waals surface area contributed by atoms with Gasteiger partial charge in [-0.3, -0.25) is 0 Å². The third-order valence-corrected chi connectivity index (χ3v) is 4.98. The van der Waals surface area contributed by atoms with Crippen LogP contribution in [0.4, 0.5) is 0 Å². The van der Waals surface area contributed by atoms with Gasteiger partial charge in [0.05, 0.1) is 19.2 Å². The lowest BCUT2D eigenvalue weighted by atomic mass is 10.1. The molecule has 0 aliphatic rings. The predicted molar refractivity (Wildman–Crippen MR) is 84.3 cm³/mol. The fraction of sp³-hybridized carbons (Fsp3) is 0.0769. The Balaban J connectivity index is 2.09. The molecule has 0 radical (unpaired) electrons. The van der Waals surface area contributed by atoms with Crippen LogP contribution in [0.25, 0.3) is 11.0 Å². The number of nitrogens with two attached hydrogens (primary N) is 1. The van der Waals surface area contributed by atoms with Crippen LogP contribution in [-0.4, -0.2) is 0 Å². The SMILES string of the molecule is NC(c1cc2cccc(Br)c2o1)c1cc(Cl)sc1Cl. The molecule has 0 amide bonds. The van der Waals surface area contributed by atoms with Gasteiger partial charge in [0.25, 0.3) is 0 Å². The maximum absolute atomic E-state index is 6.20. The highest BCUT2D eigenvalue weighted by Gasteiger charge is 2.19. The molecule has 3 aromatic rings. The maximum atomic E-state index is 6.20. The average molecular weight is 377 g/mol. The first-order valence-electron chi connectivity index (χ1n) is 5.44. The second-order valence-electron chi connectivity index (χ2n) is 4.06. The van der Waals surface area contributed by atoms with Crippen molar-refractivity contribution in [3.63, 3.8) is 0 Å². The summed E-state index contributed by atoms with van der Waals surface area (Å²) in [6, 6.07) is 9.13. The molecule has 0 saturated carbocycles. The van der Waals surface area contributed by atoms with Gasteiger partial charge in [0, 0.05) is 10.9 Å². The number of thiophene rings is 1. The number of para-hydroxylation sites is 1. The highest BCUT2D eigenvalue weighted by atomic mass is 79.9. The van der Waals surface area contributed by atoms with E-state index >= 15 is 0 Å². The first-order chi connectivity index (χ1) is 9.06. The van der Waals surface area contributed by atoms with E-state index in [1.165, 1.54) is 11.3 Å². The number of hydrogen-bond acceptors (Lipinski definition) is 3. The molecule has 2 nitrogen and oxygen atoms in total. The molecule has 6 heteroatoms. The predicted octanol–water partition coefficient (Wildman–Crippen LogP) is 5.61. The number of benzene rings is 1. The van der Waals surface area contributed by atoms with Crippen molar-refractivity contribution in [2.75, 3.05) is 0 Å². The normalized spacial score (nSPS) is 13.1. The second kappa shape index (κ2) is 5.11. The zero-order chi connectivity index (χ0) is 13.6. The van der Waals surface area contributed by atoms with Gasteiger partial charge in [-0.15, -0.1) is 11.3 Å². The van der Waals surface area contributed by atoms with E-state index in [9.17, 15) is 0 Å². The first-order valence-corrected chi connectivity index (χ1v) is 7.81. The molecule has 0 spiro atoms. The third-order valence-electron chi connectivity index (χ3n) is 2.84. The summed E-state index contributed by atoms with van der Waals surface area (Å²) in [6.07, 6.45) is 0. The smallest absolute Gasteiger partial charge is 0.148 e. The highest BCUT2D eigenvalue weighted by Crippen LogP contribution is 2.38. The molecule has 1 atom stereocenters. The number of halogens is 3. The van der Waals surface area contributed by atoms with Crippen LogP contribution in [0.3, 0.4) is 0 Å². The van der Waals surface area contributed by atoms with Crippen LogP contribution < -0.4 is 5.73 Å². The maximum Gasteiger partial charge on any atom is 0.148 e. The van der Waals surface area contributed by atoms with Crippen LogP contribution in [0.2, 0.25) is 8.67 Å². The zero-order valence-electron chi connectivity index (χ0n) is 9.49. The Morgan fingerprint density at radius 3 is 2.68 bits per heavy atom. The van der Waals surface area contributed by atoms with E-state index in [-0.39, 0.29) is 0 Å². The summed E-state index contributed by atoms with van der Waals surface area (Å²) in [6.45, 7) is 0. The summed E-state index contributed by atoms with van der Waals surface area (Å²) in [5.74, 6) is 0.665. The van der Waals surface area contributed by atoms with Gasteiger partial charge in [0.15, 0.2) is 0 Å². The number of fused-ring (bicyclic) bond motifs is 1. The van der Waals surface area contributed by atoms with Gasteiger partial charge in [-0.2, -0.15) is 0 Å². The summed E-state index contributed by atoms with van der Waals surface area (Å²) in [5, 5.41) is 0.997. The van der Waals surface area contributed by atoms with Crippen molar-refractivity contribution in [1.82, 2.24) is 0 Å². The molecule has 1 aromatic carbocycles. The van der Waals surface area contributed by atoms with E-state index in [1.807, 2.05) is 24.3 Å². The van der Waals surface area contributed by atoms with E-state index in [1.54, 1.807) is 6.07 Å². The van der Waals surface area contributed by atoms with Gasteiger partial charge in [-0.05, 0) is 34.1 Å². The molecule has 19 heavy (non-hydrogen) atoms. The van der Waals surface area contributed by atoms with Crippen molar-refractivity contribution in [3.05, 3.63) is 54.8 Å². The molecule has 2 aromatic heterocycles. The highest BCUT2D eigenvalue weighted by molar-refractivity contribution is 9.10. The molecule has 98 valence electrons. The minimum Gasteiger partial charge on any atom is -0.458 e. The quantitative estimate of drug-likeness (QED) is 0.631. The van der Waals surface area contributed by atoms with Crippen LogP contribution in [0, 0.1) is 0 Å². The summed E-state index contributed by atoms with van der Waals surface area (Å²) >= 11 is 16.8. The average Bonchev–Trinajstić information content (AvgIpc) is 2.93. The van der Waals surface area contributed by atoms with Gasteiger partial charge in [-0.1, -0.05) is 35.3 Å². The molecule has 2 N–H and O–H groups in total. The fourth-order valence-electron chi connectivity index (χ4n) is 1.92. The molecule has 0 aliphatic carbocycles. The zero-order valence-corrected chi connectivity index (χ0v) is 13.4. The molecule has 2 heterocycles. The van der Waals surface area contributed by atoms with Gasteiger partial charge >= 0.3 is 0 Å². The van der Waals surface area contributed by atoms with Gasteiger partial charge in [0.2, 0.25) is 0 Å². The molecule has 0 bridgehead atoms. The summed E-state index contributed by atoms with van der Waals surface area (Å²) in [4.78, 5) is 0. The largest absolute Gasteiger partial charge is 0.458 e. The fourth-order valence-corrected chi connectivity index (χ4v) is 3.93. The van der Waals surface area contributed by atoms with Crippen molar-refractivity contribution in [2.45, 2.75) is 6.04 Å². The summed E-state index contributed by atoms with van der Waals surface area (Å²) < 4.78 is 7.92. The van der Waals surface area contributed by atoms with Crippen molar-refractivity contribution < 1.29 is 4.42 Å². The summed E-state index contributed by atoms with van der Waals surface area (Å²) in [7, 11) is 0. The second-order valence-corrected chi connectivity index (χ2v) is 7.20. The molecule has 1 unspecified atom stereocenters. The molecule has 0 fully saturated rings. The molecule has 3 rings (SSSR count). The van der Waals surface area contributed by atoms with Crippen molar-refractivity contribution in [3.8, 4) is 0 Å². The van der Waals surface area contributed by atoms with Crippen molar-refractivity contribution in [2.24, 2.45) is 5.73 Å². The number of rotatable bonds is 2. The van der Waals surface area contributed by atoms with Crippen molar-refractivity contribution in [1.29, 1.82) is 0 Å². The number of hydrogen-bond donors (Lipinski definition) is 1. The standard InChI is InChI=1S/C13H8BrCl2NOS/c14-8-3-1-2-6-4-9(18-12(6)8)11(17)7-5-10(15)19-13(7)16/h1-5,11H,17H2. The first kappa shape index (κ1) is 13.5. The van der Waals surface area contributed by atoms with E-state index in [0.29, 0.717) is 14.4 Å². The Hall–Kier alpha value is -0.520.